The van der Waals surface area contributed by atoms with Crippen molar-refractivity contribution in [1.82, 2.24) is 9.97 Å². The molecule has 0 atom stereocenters. The predicted octanol–water partition coefficient (Wildman–Crippen LogP) is 3.70. The van der Waals surface area contributed by atoms with Gasteiger partial charge in [0.25, 0.3) is 5.56 Å². The zero-order chi connectivity index (χ0) is 17.2. The van der Waals surface area contributed by atoms with E-state index in [0.717, 1.165) is 33.2 Å². The molecule has 2 aromatic carbocycles. The van der Waals surface area contributed by atoms with Gasteiger partial charge >= 0.3 is 0 Å². The van der Waals surface area contributed by atoms with Crippen molar-refractivity contribution >= 4 is 21.8 Å². The van der Waals surface area contributed by atoms with E-state index in [-0.39, 0.29) is 5.56 Å². The van der Waals surface area contributed by atoms with Gasteiger partial charge in [-0.2, -0.15) is 0 Å². The molecular weight excluding hydrogens is 316 g/mol. The maximum atomic E-state index is 12.4. The van der Waals surface area contributed by atoms with Crippen molar-refractivity contribution in [3.8, 4) is 17.0 Å². The van der Waals surface area contributed by atoms with Gasteiger partial charge in [-0.25, -0.2) is 0 Å². The molecule has 0 saturated carbocycles. The van der Waals surface area contributed by atoms with E-state index in [1.165, 1.54) is 0 Å². The van der Waals surface area contributed by atoms with Crippen LogP contribution in [-0.2, 0) is 4.74 Å². The van der Waals surface area contributed by atoms with E-state index in [1.54, 1.807) is 7.11 Å². The van der Waals surface area contributed by atoms with Gasteiger partial charge in [0.05, 0.1) is 17.9 Å². The molecule has 2 N–H and O–H groups in total. The normalized spacial score (nSPS) is 11.2. The summed E-state index contributed by atoms with van der Waals surface area (Å²) in [5.41, 5.74) is 3.09. The Kier molecular flexibility index (Phi) is 3.99. The number of H-pyrrole nitrogens is 2. The zero-order valence-corrected chi connectivity index (χ0v) is 13.8. The van der Waals surface area contributed by atoms with Crippen LogP contribution in [0, 0.1) is 0 Å². The van der Waals surface area contributed by atoms with E-state index in [2.05, 4.69) is 9.97 Å². The predicted molar refractivity (Wildman–Crippen MR) is 99.2 cm³/mol. The van der Waals surface area contributed by atoms with Gasteiger partial charge in [-0.15, -0.1) is 0 Å². The zero-order valence-electron chi connectivity index (χ0n) is 13.8. The summed E-state index contributed by atoms with van der Waals surface area (Å²) in [5.74, 6) is 0.780. The van der Waals surface area contributed by atoms with Crippen molar-refractivity contribution in [3.05, 3.63) is 65.0 Å². The number of benzene rings is 2. The SMILES string of the molecule is COCCOc1ccc2[nH]c(-c3cc4ccccc4[nH]c3=O)cc2c1. The monoisotopic (exact) mass is 334 g/mol. The third kappa shape index (κ3) is 3.02. The summed E-state index contributed by atoms with van der Waals surface area (Å²) in [6.07, 6.45) is 0. The molecule has 5 nitrogen and oxygen atoms in total. The summed E-state index contributed by atoms with van der Waals surface area (Å²) in [6.45, 7) is 1.05. The minimum Gasteiger partial charge on any atom is -0.491 e. The molecule has 0 aliphatic heterocycles. The Morgan fingerprint density at radius 3 is 2.60 bits per heavy atom. The molecule has 5 heteroatoms. The standard InChI is InChI=1S/C20H18N2O3/c1-24-8-9-25-15-6-7-18-14(10-15)12-19(21-18)16-11-13-4-2-3-5-17(13)22-20(16)23/h2-7,10-12,21H,8-9H2,1H3,(H,22,23). The first-order chi connectivity index (χ1) is 12.2. The molecule has 0 bridgehead atoms. The first-order valence-electron chi connectivity index (χ1n) is 8.11. The summed E-state index contributed by atoms with van der Waals surface area (Å²) in [6, 6.07) is 17.5. The average Bonchev–Trinajstić information content (AvgIpc) is 3.04. The maximum absolute atomic E-state index is 12.4. The van der Waals surface area contributed by atoms with Crippen LogP contribution < -0.4 is 10.3 Å². The molecule has 4 rings (SSSR count). The summed E-state index contributed by atoms with van der Waals surface area (Å²) in [4.78, 5) is 18.7. The highest BCUT2D eigenvalue weighted by Crippen LogP contribution is 2.26. The lowest BCUT2D eigenvalue weighted by atomic mass is 10.1. The third-order valence-electron chi connectivity index (χ3n) is 4.19. The molecule has 0 fully saturated rings. The Labute approximate surface area is 144 Å². The quantitative estimate of drug-likeness (QED) is 0.547. The summed E-state index contributed by atoms with van der Waals surface area (Å²) < 4.78 is 10.6. The lowest BCUT2D eigenvalue weighted by Crippen LogP contribution is -2.08. The van der Waals surface area contributed by atoms with Crippen LogP contribution in [0.2, 0.25) is 0 Å². The third-order valence-corrected chi connectivity index (χ3v) is 4.19. The van der Waals surface area contributed by atoms with Gasteiger partial charge in [0.2, 0.25) is 0 Å². The lowest BCUT2D eigenvalue weighted by molar-refractivity contribution is 0.146. The second kappa shape index (κ2) is 6.45. The van der Waals surface area contributed by atoms with Gasteiger partial charge in [-0.3, -0.25) is 4.79 Å². The number of nitrogens with one attached hydrogen (secondary N) is 2. The number of hydrogen-bond acceptors (Lipinski definition) is 3. The maximum Gasteiger partial charge on any atom is 0.257 e. The van der Waals surface area contributed by atoms with E-state index < -0.39 is 0 Å². The van der Waals surface area contributed by atoms with E-state index in [4.69, 9.17) is 9.47 Å². The molecule has 25 heavy (non-hydrogen) atoms. The Bertz CT molecular complexity index is 1090. The van der Waals surface area contributed by atoms with Gasteiger partial charge in [0.15, 0.2) is 0 Å². The van der Waals surface area contributed by atoms with Crippen molar-refractivity contribution in [2.45, 2.75) is 0 Å². The molecule has 2 aromatic heterocycles. The number of hydrogen-bond donors (Lipinski definition) is 2. The van der Waals surface area contributed by atoms with E-state index in [0.29, 0.717) is 18.8 Å². The fourth-order valence-corrected chi connectivity index (χ4v) is 2.94. The van der Waals surface area contributed by atoms with Crippen molar-refractivity contribution in [2.75, 3.05) is 20.3 Å². The van der Waals surface area contributed by atoms with Gasteiger partial charge in [0.1, 0.15) is 12.4 Å². The van der Waals surface area contributed by atoms with Gasteiger partial charge in [-0.1, -0.05) is 18.2 Å². The minimum atomic E-state index is -0.109. The Morgan fingerprint density at radius 1 is 0.880 bits per heavy atom. The smallest absolute Gasteiger partial charge is 0.257 e. The summed E-state index contributed by atoms with van der Waals surface area (Å²) in [7, 11) is 1.64. The minimum absolute atomic E-state index is 0.109. The Balaban J connectivity index is 1.74. The molecule has 0 saturated heterocycles. The molecule has 0 aliphatic rings. The lowest BCUT2D eigenvalue weighted by Gasteiger charge is -2.04. The van der Waals surface area contributed by atoms with E-state index >= 15 is 0 Å². The van der Waals surface area contributed by atoms with Crippen LogP contribution in [0.5, 0.6) is 5.75 Å². The van der Waals surface area contributed by atoms with Crippen LogP contribution in [0.1, 0.15) is 0 Å². The van der Waals surface area contributed by atoms with E-state index in [1.807, 2.05) is 54.6 Å². The molecule has 0 aliphatic carbocycles. The first-order valence-corrected chi connectivity index (χ1v) is 8.11. The first kappa shape index (κ1) is 15.5. The number of pyridine rings is 1. The second-order valence-corrected chi connectivity index (χ2v) is 5.87. The molecule has 0 radical (unpaired) electrons. The molecule has 126 valence electrons. The largest absolute Gasteiger partial charge is 0.491 e. The van der Waals surface area contributed by atoms with Gasteiger partial charge < -0.3 is 19.4 Å². The van der Waals surface area contributed by atoms with Crippen LogP contribution in [0.3, 0.4) is 0 Å². The number of rotatable bonds is 5. The van der Waals surface area contributed by atoms with Crippen LogP contribution >= 0.6 is 0 Å². The Morgan fingerprint density at radius 2 is 1.72 bits per heavy atom. The van der Waals surface area contributed by atoms with Crippen LogP contribution in [-0.4, -0.2) is 30.3 Å². The average molecular weight is 334 g/mol. The van der Waals surface area contributed by atoms with Gasteiger partial charge in [0, 0.05) is 23.5 Å². The number of para-hydroxylation sites is 1. The number of methoxy groups -OCH3 is 1. The van der Waals surface area contributed by atoms with Crippen molar-refractivity contribution in [1.29, 1.82) is 0 Å². The number of ether oxygens (including phenoxy) is 2. The molecule has 0 amide bonds. The van der Waals surface area contributed by atoms with Crippen LogP contribution in [0.25, 0.3) is 33.1 Å². The number of fused-ring (bicyclic) bond motifs is 2. The number of aromatic amines is 2. The topological polar surface area (TPSA) is 67.1 Å². The van der Waals surface area contributed by atoms with Crippen molar-refractivity contribution in [2.24, 2.45) is 0 Å². The van der Waals surface area contributed by atoms with E-state index in [9.17, 15) is 4.79 Å². The van der Waals surface area contributed by atoms with Crippen molar-refractivity contribution < 1.29 is 9.47 Å². The van der Waals surface area contributed by atoms with Crippen LogP contribution in [0.4, 0.5) is 0 Å². The van der Waals surface area contributed by atoms with Gasteiger partial charge in [-0.05, 0) is 41.8 Å². The molecule has 2 heterocycles. The van der Waals surface area contributed by atoms with Crippen molar-refractivity contribution in [3.63, 3.8) is 0 Å². The highest BCUT2D eigenvalue weighted by molar-refractivity contribution is 5.89. The number of aromatic nitrogens is 2. The second-order valence-electron chi connectivity index (χ2n) is 5.87. The summed E-state index contributed by atoms with van der Waals surface area (Å²) >= 11 is 0. The fourth-order valence-electron chi connectivity index (χ4n) is 2.94. The molecule has 0 spiro atoms. The molecule has 4 aromatic rings. The highest BCUT2D eigenvalue weighted by Gasteiger charge is 2.09. The summed E-state index contributed by atoms with van der Waals surface area (Å²) in [5, 5.41) is 2.00. The molecule has 0 unspecified atom stereocenters. The van der Waals surface area contributed by atoms with Crippen LogP contribution in [0.15, 0.2) is 59.4 Å². The Hall–Kier alpha value is -3.05. The fraction of sp³-hybridized carbons (Fsp3) is 0.150. The molecular formula is C20H18N2O3. The highest BCUT2D eigenvalue weighted by atomic mass is 16.5.